The van der Waals surface area contributed by atoms with Crippen molar-refractivity contribution >= 4 is 38.7 Å². The lowest BCUT2D eigenvalue weighted by molar-refractivity contribution is 0.174. The van der Waals surface area contributed by atoms with Crippen molar-refractivity contribution in [1.29, 1.82) is 0 Å². The topological polar surface area (TPSA) is 73.6 Å². The van der Waals surface area contributed by atoms with E-state index in [1.807, 2.05) is 18.2 Å². The van der Waals surface area contributed by atoms with E-state index < -0.39 is 5.82 Å². The summed E-state index contributed by atoms with van der Waals surface area (Å²) in [6.45, 7) is 0.239. The lowest BCUT2D eigenvalue weighted by Crippen LogP contribution is -1.99. The van der Waals surface area contributed by atoms with Gasteiger partial charge in [-0.3, -0.25) is 0 Å². The van der Waals surface area contributed by atoms with Crippen LogP contribution in [-0.4, -0.2) is 26.6 Å². The van der Waals surface area contributed by atoms with Crippen LogP contribution in [0.2, 0.25) is 5.02 Å². The molecular weight excluding hydrogens is 393 g/mol. The van der Waals surface area contributed by atoms with Crippen molar-refractivity contribution in [2.45, 2.75) is 6.42 Å². The molecule has 10 heteroatoms. The number of benzene rings is 2. The summed E-state index contributed by atoms with van der Waals surface area (Å²) in [5.41, 5.74) is 1.66. The number of hydrogen-bond donors (Lipinski definition) is 1. The third-order valence-electron chi connectivity index (χ3n) is 4.03. The van der Waals surface area contributed by atoms with Crippen LogP contribution >= 0.6 is 22.9 Å². The van der Waals surface area contributed by atoms with E-state index in [2.05, 4.69) is 20.6 Å². The van der Waals surface area contributed by atoms with E-state index in [1.54, 1.807) is 10.6 Å². The third kappa shape index (κ3) is 3.04. The zero-order valence-electron chi connectivity index (χ0n) is 13.6. The van der Waals surface area contributed by atoms with Crippen molar-refractivity contribution in [3.05, 3.63) is 58.6 Å². The van der Waals surface area contributed by atoms with Crippen LogP contribution in [0, 0.1) is 5.82 Å². The summed E-state index contributed by atoms with van der Waals surface area (Å²) in [5, 5.41) is 16.6. The average molecular weight is 404 g/mol. The SMILES string of the molecule is Fc1ccc(Nc2nn3c(Cc4ccc5c(c4)OCO5)nnc3s2)cc1Cl. The molecule has 0 aliphatic carbocycles. The van der Waals surface area contributed by atoms with E-state index in [-0.39, 0.29) is 11.8 Å². The lowest BCUT2D eigenvalue weighted by Gasteiger charge is -2.03. The molecule has 2 aromatic heterocycles. The zero-order valence-corrected chi connectivity index (χ0v) is 15.2. The van der Waals surface area contributed by atoms with Gasteiger partial charge in [0.2, 0.25) is 16.9 Å². The molecule has 1 aliphatic heterocycles. The van der Waals surface area contributed by atoms with Gasteiger partial charge in [-0.05, 0) is 35.9 Å². The van der Waals surface area contributed by atoms with Gasteiger partial charge in [-0.1, -0.05) is 29.0 Å². The van der Waals surface area contributed by atoms with E-state index in [9.17, 15) is 4.39 Å². The Morgan fingerprint density at radius 2 is 2.04 bits per heavy atom. The van der Waals surface area contributed by atoms with Crippen molar-refractivity contribution in [3.63, 3.8) is 0 Å². The second-order valence-corrected chi connectivity index (χ2v) is 7.20. The highest BCUT2D eigenvalue weighted by molar-refractivity contribution is 7.20. The number of hydrogen-bond acceptors (Lipinski definition) is 7. The van der Waals surface area contributed by atoms with Crippen molar-refractivity contribution in [1.82, 2.24) is 19.8 Å². The Morgan fingerprint density at radius 1 is 1.15 bits per heavy atom. The van der Waals surface area contributed by atoms with Gasteiger partial charge in [0.25, 0.3) is 0 Å². The van der Waals surface area contributed by atoms with Gasteiger partial charge >= 0.3 is 0 Å². The van der Waals surface area contributed by atoms with Gasteiger partial charge in [0.1, 0.15) is 5.82 Å². The van der Waals surface area contributed by atoms with Crippen molar-refractivity contribution in [2.24, 2.45) is 0 Å². The van der Waals surface area contributed by atoms with Crippen LogP contribution in [0.5, 0.6) is 11.5 Å². The number of nitrogens with zero attached hydrogens (tertiary/aromatic N) is 4. The minimum Gasteiger partial charge on any atom is -0.454 e. The fourth-order valence-corrected chi connectivity index (χ4v) is 3.71. The van der Waals surface area contributed by atoms with Crippen LogP contribution in [0.4, 0.5) is 15.2 Å². The molecule has 4 aromatic rings. The van der Waals surface area contributed by atoms with Crippen LogP contribution in [0.1, 0.15) is 11.4 Å². The standard InChI is InChI=1S/C17H11ClFN5O2S/c18-11-7-10(2-3-12(11)19)20-16-23-24-15(21-22-17(24)27-16)6-9-1-4-13-14(5-9)26-8-25-13/h1-5,7H,6,8H2,(H,20,23). The minimum atomic E-state index is -0.466. The summed E-state index contributed by atoms with van der Waals surface area (Å²) in [4.78, 5) is 0.654. The Hall–Kier alpha value is -2.91. The quantitative estimate of drug-likeness (QED) is 0.554. The molecule has 27 heavy (non-hydrogen) atoms. The Balaban J connectivity index is 1.40. The van der Waals surface area contributed by atoms with Crippen LogP contribution in [0.25, 0.3) is 4.96 Å². The monoisotopic (exact) mass is 403 g/mol. The molecule has 0 atom stereocenters. The number of rotatable bonds is 4. The number of fused-ring (bicyclic) bond motifs is 2. The van der Waals surface area contributed by atoms with Gasteiger partial charge in [0.05, 0.1) is 5.02 Å². The van der Waals surface area contributed by atoms with Gasteiger partial charge in [0.15, 0.2) is 17.3 Å². The molecule has 1 N–H and O–H groups in total. The van der Waals surface area contributed by atoms with Gasteiger partial charge in [-0.2, -0.15) is 4.52 Å². The Bertz CT molecular complexity index is 1160. The van der Waals surface area contributed by atoms with E-state index in [1.165, 1.54) is 23.5 Å². The summed E-state index contributed by atoms with van der Waals surface area (Å²) < 4.78 is 25.7. The fraction of sp³-hybridized carbons (Fsp3) is 0.118. The second-order valence-electron chi connectivity index (χ2n) is 5.84. The molecule has 0 saturated heterocycles. The van der Waals surface area contributed by atoms with Gasteiger partial charge in [0, 0.05) is 12.1 Å². The molecule has 0 bridgehead atoms. The molecule has 7 nitrogen and oxygen atoms in total. The van der Waals surface area contributed by atoms with E-state index in [0.717, 1.165) is 17.1 Å². The van der Waals surface area contributed by atoms with Crippen molar-refractivity contribution in [3.8, 4) is 11.5 Å². The normalized spacial score (nSPS) is 12.7. The van der Waals surface area contributed by atoms with E-state index in [0.29, 0.717) is 28.0 Å². The molecule has 0 saturated carbocycles. The summed E-state index contributed by atoms with van der Waals surface area (Å²) >= 11 is 7.15. The summed E-state index contributed by atoms with van der Waals surface area (Å²) in [5.74, 6) is 1.70. The molecule has 0 fully saturated rings. The Labute approximate surface area is 161 Å². The first-order chi connectivity index (χ1) is 13.2. The number of anilines is 2. The average Bonchev–Trinajstić information content (AvgIpc) is 3.35. The predicted molar refractivity (Wildman–Crippen MR) is 98.7 cm³/mol. The summed E-state index contributed by atoms with van der Waals surface area (Å²) in [6, 6.07) is 10.2. The van der Waals surface area contributed by atoms with Crippen molar-refractivity contribution < 1.29 is 13.9 Å². The molecule has 0 unspecified atom stereocenters. The van der Waals surface area contributed by atoms with Gasteiger partial charge in [-0.25, -0.2) is 4.39 Å². The molecule has 0 radical (unpaired) electrons. The second kappa shape index (κ2) is 6.36. The summed E-state index contributed by atoms with van der Waals surface area (Å²) in [7, 11) is 0. The van der Waals surface area contributed by atoms with Gasteiger partial charge < -0.3 is 14.8 Å². The van der Waals surface area contributed by atoms with E-state index in [4.69, 9.17) is 21.1 Å². The van der Waals surface area contributed by atoms with Crippen LogP contribution in [0.3, 0.4) is 0 Å². The molecule has 0 amide bonds. The van der Waals surface area contributed by atoms with Crippen LogP contribution < -0.4 is 14.8 Å². The zero-order chi connectivity index (χ0) is 18.4. The molecule has 2 aromatic carbocycles. The number of ether oxygens (including phenoxy) is 2. The highest BCUT2D eigenvalue weighted by Crippen LogP contribution is 2.33. The number of nitrogens with one attached hydrogen (secondary N) is 1. The molecule has 1 aliphatic rings. The van der Waals surface area contributed by atoms with E-state index >= 15 is 0 Å². The maximum absolute atomic E-state index is 13.3. The first kappa shape index (κ1) is 16.3. The molecule has 136 valence electrons. The maximum atomic E-state index is 13.3. The summed E-state index contributed by atoms with van der Waals surface area (Å²) in [6.07, 6.45) is 0.545. The van der Waals surface area contributed by atoms with Crippen LogP contribution in [0.15, 0.2) is 36.4 Å². The fourth-order valence-electron chi connectivity index (χ4n) is 2.75. The first-order valence-electron chi connectivity index (χ1n) is 7.97. The predicted octanol–water partition coefficient (Wildman–Crippen LogP) is 4.04. The molecule has 5 rings (SSSR count). The highest BCUT2D eigenvalue weighted by Gasteiger charge is 2.16. The number of halogens is 2. The molecule has 0 spiro atoms. The van der Waals surface area contributed by atoms with Crippen LogP contribution in [-0.2, 0) is 6.42 Å². The lowest BCUT2D eigenvalue weighted by atomic mass is 10.1. The maximum Gasteiger partial charge on any atom is 0.236 e. The smallest absolute Gasteiger partial charge is 0.236 e. The number of aromatic nitrogens is 4. The Kier molecular flexibility index (Phi) is 3.83. The minimum absolute atomic E-state index is 0.0477. The molecular formula is C17H11ClFN5O2S. The largest absolute Gasteiger partial charge is 0.454 e. The highest BCUT2D eigenvalue weighted by atomic mass is 35.5. The molecule has 3 heterocycles. The first-order valence-corrected chi connectivity index (χ1v) is 9.17. The van der Waals surface area contributed by atoms with Gasteiger partial charge in [-0.15, -0.1) is 15.3 Å². The van der Waals surface area contributed by atoms with Crippen molar-refractivity contribution in [2.75, 3.05) is 12.1 Å². The Morgan fingerprint density at radius 3 is 2.93 bits per heavy atom. The third-order valence-corrected chi connectivity index (χ3v) is 5.13.